The molecule has 3 unspecified atom stereocenters. The van der Waals surface area contributed by atoms with E-state index in [0.717, 1.165) is 0 Å². The molecule has 5 atom stereocenters. The molecule has 12 heteroatoms. The van der Waals surface area contributed by atoms with Crippen molar-refractivity contribution in [1.82, 2.24) is 10.6 Å². The Morgan fingerprint density at radius 3 is 1.80 bits per heavy atom. The van der Waals surface area contributed by atoms with Crippen LogP contribution in [0.1, 0.15) is 41.5 Å². The van der Waals surface area contributed by atoms with Gasteiger partial charge in [-0.1, -0.05) is 0 Å². The second kappa shape index (κ2) is 10.4. The maximum atomic E-state index is 12.2. The van der Waals surface area contributed by atoms with Crippen LogP contribution in [0.3, 0.4) is 0 Å². The van der Waals surface area contributed by atoms with E-state index in [-0.39, 0.29) is 0 Å². The quantitative estimate of drug-likeness (QED) is 0.299. The molecule has 1 rings (SSSR count). The lowest BCUT2D eigenvalue weighted by Gasteiger charge is -2.39. The summed E-state index contributed by atoms with van der Waals surface area (Å²) in [5.74, 6) is -0.414. The van der Waals surface area contributed by atoms with E-state index in [1.807, 2.05) is 0 Å². The van der Waals surface area contributed by atoms with Crippen LogP contribution in [0, 0.1) is 0 Å². The third-order valence-electron chi connectivity index (χ3n) is 3.60. The highest BCUT2D eigenvalue weighted by molar-refractivity contribution is 6.01. The second-order valence-electron chi connectivity index (χ2n) is 8.66. The fraction of sp³-hybridized carbons (Fsp3) is 0.833. The fourth-order valence-corrected chi connectivity index (χ4v) is 2.44. The lowest BCUT2D eigenvalue weighted by atomic mass is 9.97. The van der Waals surface area contributed by atoms with Gasteiger partial charge >= 0.3 is 12.2 Å². The van der Waals surface area contributed by atoms with Gasteiger partial charge in [-0.05, 0) is 41.5 Å². The van der Waals surface area contributed by atoms with Crippen LogP contribution in [-0.4, -0.2) is 89.0 Å². The first-order chi connectivity index (χ1) is 13.7. The van der Waals surface area contributed by atoms with Crippen LogP contribution in [0.25, 0.3) is 0 Å². The van der Waals surface area contributed by atoms with Crippen LogP contribution < -0.4 is 10.6 Å². The standard InChI is InChI=1S/C18H33N3O9/c1-17(2,3)29-15(25)20-14(21-16(26)30-18(4,5)6)19-10-12(24)11(23)9(8-22)28-13(10)27-7/h9-13,22-24H,8H2,1-7H3,(H2,19,20,21,25,26)/t9-,10?,11?,12-,13?/m1/s1. The van der Waals surface area contributed by atoms with Gasteiger partial charge in [0.2, 0.25) is 5.96 Å². The first-order valence-corrected chi connectivity index (χ1v) is 9.40. The van der Waals surface area contributed by atoms with Gasteiger partial charge in [-0.25, -0.2) is 14.6 Å². The zero-order valence-electron chi connectivity index (χ0n) is 18.3. The first-order valence-electron chi connectivity index (χ1n) is 9.40. The van der Waals surface area contributed by atoms with Crippen molar-refractivity contribution < 1.29 is 43.9 Å². The molecule has 2 amide bonds. The molecule has 1 saturated heterocycles. The molecule has 0 bridgehead atoms. The largest absolute Gasteiger partial charge is 0.444 e. The summed E-state index contributed by atoms with van der Waals surface area (Å²) in [6, 6.07) is -1.26. The number of nitrogens with one attached hydrogen (secondary N) is 2. The lowest BCUT2D eigenvalue weighted by molar-refractivity contribution is -0.257. The van der Waals surface area contributed by atoms with E-state index in [2.05, 4.69) is 15.6 Å². The molecule has 0 saturated carbocycles. The van der Waals surface area contributed by atoms with E-state index >= 15 is 0 Å². The van der Waals surface area contributed by atoms with Gasteiger partial charge in [0.15, 0.2) is 6.29 Å². The number of alkyl carbamates (subject to hydrolysis) is 2. The average Bonchev–Trinajstić information content (AvgIpc) is 2.55. The van der Waals surface area contributed by atoms with Gasteiger partial charge in [-0.3, -0.25) is 10.6 Å². The van der Waals surface area contributed by atoms with Gasteiger partial charge in [-0.2, -0.15) is 0 Å². The monoisotopic (exact) mass is 435 g/mol. The zero-order chi connectivity index (χ0) is 23.3. The van der Waals surface area contributed by atoms with Crippen molar-refractivity contribution in [2.45, 2.75) is 83.4 Å². The molecule has 0 radical (unpaired) electrons. The summed E-state index contributed by atoms with van der Waals surface area (Å²) in [5.41, 5.74) is -1.65. The number of aliphatic imine (C=N–C) groups is 1. The second-order valence-corrected chi connectivity index (χ2v) is 8.66. The molecule has 1 fully saturated rings. The third kappa shape index (κ3) is 8.40. The van der Waals surface area contributed by atoms with E-state index in [1.165, 1.54) is 7.11 Å². The van der Waals surface area contributed by atoms with Crippen LogP contribution in [-0.2, 0) is 18.9 Å². The van der Waals surface area contributed by atoms with Gasteiger partial charge in [0, 0.05) is 7.11 Å². The first kappa shape index (κ1) is 26.0. The van der Waals surface area contributed by atoms with Crippen molar-refractivity contribution in [3.63, 3.8) is 0 Å². The number of ether oxygens (including phenoxy) is 4. The molecule has 0 spiro atoms. The topological polar surface area (TPSA) is 168 Å². The average molecular weight is 435 g/mol. The fourth-order valence-electron chi connectivity index (χ4n) is 2.44. The maximum Gasteiger partial charge on any atom is 0.414 e. The number of aliphatic hydroxyl groups is 3. The normalized spacial score (nSPS) is 27.1. The molecular weight excluding hydrogens is 402 g/mol. The number of hydrogen-bond donors (Lipinski definition) is 5. The zero-order valence-corrected chi connectivity index (χ0v) is 18.3. The molecular formula is C18H33N3O9. The van der Waals surface area contributed by atoms with Crippen molar-refractivity contribution in [3.05, 3.63) is 0 Å². The number of amides is 2. The summed E-state index contributed by atoms with van der Waals surface area (Å²) in [5, 5.41) is 34.3. The number of methoxy groups -OCH3 is 1. The molecule has 1 aliphatic rings. The Balaban J connectivity index is 3.15. The van der Waals surface area contributed by atoms with Crippen molar-refractivity contribution in [3.8, 4) is 0 Å². The predicted molar refractivity (Wildman–Crippen MR) is 105 cm³/mol. The van der Waals surface area contributed by atoms with E-state index in [4.69, 9.17) is 18.9 Å². The Bertz CT molecular complexity index is 593. The molecule has 1 heterocycles. The lowest BCUT2D eigenvalue weighted by Crippen LogP contribution is -2.59. The number of rotatable bonds is 3. The van der Waals surface area contributed by atoms with Crippen LogP contribution >= 0.6 is 0 Å². The van der Waals surface area contributed by atoms with Crippen molar-refractivity contribution >= 4 is 18.1 Å². The molecule has 0 aromatic carbocycles. The number of carbonyl (C=O) groups is 2. The summed E-state index contributed by atoms with van der Waals surface area (Å²) >= 11 is 0. The minimum Gasteiger partial charge on any atom is -0.444 e. The van der Waals surface area contributed by atoms with E-state index in [0.29, 0.717) is 0 Å². The Morgan fingerprint density at radius 2 is 1.43 bits per heavy atom. The number of nitrogens with zero attached hydrogens (tertiary/aromatic N) is 1. The summed E-state index contributed by atoms with van der Waals surface area (Å²) in [6.45, 7) is 9.33. The molecule has 0 aromatic heterocycles. The van der Waals surface area contributed by atoms with Gasteiger partial charge in [0.1, 0.15) is 35.6 Å². The SMILES string of the molecule is COC1O[C@H](CO)C(O)[C@H](O)C1N=C(NC(=O)OC(C)(C)C)NC(=O)OC(C)(C)C. The highest BCUT2D eigenvalue weighted by Gasteiger charge is 2.45. The number of aliphatic hydroxyl groups excluding tert-OH is 3. The smallest absolute Gasteiger partial charge is 0.414 e. The van der Waals surface area contributed by atoms with Crippen LogP contribution in [0.2, 0.25) is 0 Å². The summed E-state index contributed by atoms with van der Waals surface area (Å²) in [4.78, 5) is 28.4. The number of guanidine groups is 1. The Morgan fingerprint density at radius 1 is 0.967 bits per heavy atom. The van der Waals surface area contributed by atoms with Crippen molar-refractivity contribution in [2.24, 2.45) is 4.99 Å². The molecule has 1 aliphatic heterocycles. The maximum absolute atomic E-state index is 12.2. The molecule has 0 aromatic rings. The van der Waals surface area contributed by atoms with Gasteiger partial charge in [0.25, 0.3) is 0 Å². The Kier molecular flexibility index (Phi) is 8.99. The number of carbonyl (C=O) groups excluding carboxylic acids is 2. The van der Waals surface area contributed by atoms with Crippen LogP contribution in [0.15, 0.2) is 4.99 Å². The predicted octanol–water partition coefficient (Wildman–Crippen LogP) is -0.154. The van der Waals surface area contributed by atoms with Gasteiger partial charge in [0.05, 0.1) is 6.61 Å². The summed E-state index contributed by atoms with van der Waals surface area (Å²) in [6.07, 6.45) is -7.15. The minimum absolute atomic E-state index is 0.414. The van der Waals surface area contributed by atoms with Crippen LogP contribution in [0.5, 0.6) is 0 Å². The summed E-state index contributed by atoms with van der Waals surface area (Å²) < 4.78 is 20.8. The van der Waals surface area contributed by atoms with Crippen molar-refractivity contribution in [2.75, 3.05) is 13.7 Å². The van der Waals surface area contributed by atoms with E-state index < -0.39 is 66.6 Å². The van der Waals surface area contributed by atoms with E-state index in [1.54, 1.807) is 41.5 Å². The molecule has 174 valence electrons. The highest BCUT2D eigenvalue weighted by atomic mass is 16.7. The van der Waals surface area contributed by atoms with Crippen LogP contribution in [0.4, 0.5) is 9.59 Å². The van der Waals surface area contributed by atoms with Gasteiger partial charge in [-0.15, -0.1) is 0 Å². The molecule has 5 N–H and O–H groups in total. The molecule has 30 heavy (non-hydrogen) atoms. The number of hydrogen-bond acceptors (Lipinski definition) is 10. The van der Waals surface area contributed by atoms with Gasteiger partial charge < -0.3 is 34.3 Å². The third-order valence-corrected chi connectivity index (χ3v) is 3.60. The molecule has 0 aliphatic carbocycles. The highest BCUT2D eigenvalue weighted by Crippen LogP contribution is 2.24. The Hall–Kier alpha value is -1.99. The Labute approximate surface area is 175 Å². The minimum atomic E-state index is -1.53. The van der Waals surface area contributed by atoms with E-state index in [9.17, 15) is 24.9 Å². The molecule has 12 nitrogen and oxygen atoms in total. The van der Waals surface area contributed by atoms with Crippen molar-refractivity contribution in [1.29, 1.82) is 0 Å². The summed E-state index contributed by atoms with van der Waals surface area (Å²) in [7, 11) is 1.27.